The summed E-state index contributed by atoms with van der Waals surface area (Å²) < 4.78 is 11.1. The van der Waals surface area contributed by atoms with Gasteiger partial charge in [-0.2, -0.15) is 5.26 Å². The normalized spacial score (nSPS) is 12.6. The number of ether oxygens (including phenoxy) is 2. The fraction of sp³-hybridized carbons (Fsp3) is 0.360. The lowest BCUT2D eigenvalue weighted by Crippen LogP contribution is -2.48. The predicted octanol–water partition coefficient (Wildman–Crippen LogP) is 3.13. The first-order valence-electron chi connectivity index (χ1n) is 10.7. The van der Waals surface area contributed by atoms with Gasteiger partial charge in [0.25, 0.3) is 0 Å². The third-order valence-electron chi connectivity index (χ3n) is 4.59. The Bertz CT molecular complexity index is 1010. The van der Waals surface area contributed by atoms with Gasteiger partial charge in [-0.25, -0.2) is 9.59 Å². The Balaban J connectivity index is 2.09. The van der Waals surface area contributed by atoms with Crippen LogP contribution < -0.4 is 10.6 Å². The van der Waals surface area contributed by atoms with E-state index in [4.69, 9.17) is 14.7 Å². The first kappa shape index (κ1) is 26.4. The van der Waals surface area contributed by atoms with Gasteiger partial charge in [-0.1, -0.05) is 42.5 Å². The lowest BCUT2D eigenvalue weighted by molar-refractivity contribution is -0.153. The molecule has 0 bridgehead atoms. The van der Waals surface area contributed by atoms with E-state index in [1.54, 1.807) is 69.3 Å². The molecule has 3 N–H and O–H groups in total. The van der Waals surface area contributed by atoms with Crippen LogP contribution in [0.5, 0.6) is 0 Å². The Morgan fingerprint density at radius 1 is 1.03 bits per heavy atom. The molecular weight excluding hydrogens is 438 g/mol. The number of esters is 1. The van der Waals surface area contributed by atoms with Gasteiger partial charge in [-0.05, 0) is 44.0 Å². The highest BCUT2D eigenvalue weighted by Gasteiger charge is 2.33. The molecule has 9 heteroatoms. The van der Waals surface area contributed by atoms with Crippen LogP contribution in [0.3, 0.4) is 0 Å². The Morgan fingerprint density at radius 2 is 1.68 bits per heavy atom. The van der Waals surface area contributed by atoms with E-state index in [9.17, 15) is 19.5 Å². The Labute approximate surface area is 198 Å². The fourth-order valence-electron chi connectivity index (χ4n) is 3.04. The van der Waals surface area contributed by atoms with Gasteiger partial charge in [-0.15, -0.1) is 0 Å². The first-order chi connectivity index (χ1) is 16.1. The molecule has 2 amide bonds. The van der Waals surface area contributed by atoms with Crippen molar-refractivity contribution in [2.45, 2.75) is 58.1 Å². The largest absolute Gasteiger partial charge is 0.465 e. The maximum absolute atomic E-state index is 12.9. The number of carbonyl (C=O) groups excluding carboxylic acids is 2. The fourth-order valence-corrected chi connectivity index (χ4v) is 3.04. The van der Waals surface area contributed by atoms with E-state index in [0.717, 1.165) is 11.1 Å². The Kier molecular flexibility index (Phi) is 9.59. The number of amides is 2. The summed E-state index contributed by atoms with van der Waals surface area (Å²) in [5.74, 6) is -1.32. The highest BCUT2D eigenvalue weighted by Crippen LogP contribution is 2.17. The topological polar surface area (TPSA) is 138 Å². The van der Waals surface area contributed by atoms with Crippen molar-refractivity contribution >= 4 is 18.0 Å². The van der Waals surface area contributed by atoms with E-state index >= 15 is 0 Å². The van der Waals surface area contributed by atoms with Crippen LogP contribution in [0, 0.1) is 11.3 Å². The molecule has 0 saturated heterocycles. The molecule has 2 aromatic rings. The maximum atomic E-state index is 12.9. The summed E-state index contributed by atoms with van der Waals surface area (Å²) in [4.78, 5) is 36.9. The van der Waals surface area contributed by atoms with E-state index in [-0.39, 0.29) is 19.6 Å². The summed E-state index contributed by atoms with van der Waals surface area (Å²) in [6, 6.07) is 16.4. The summed E-state index contributed by atoms with van der Waals surface area (Å²) >= 11 is 0. The molecule has 0 heterocycles. The van der Waals surface area contributed by atoms with E-state index in [0.29, 0.717) is 5.56 Å². The predicted molar refractivity (Wildman–Crippen MR) is 123 cm³/mol. The summed E-state index contributed by atoms with van der Waals surface area (Å²) in [6.07, 6.45) is -2.80. The molecule has 0 aliphatic carbocycles. The average Bonchev–Trinajstić information content (AvgIpc) is 2.80. The second kappa shape index (κ2) is 12.4. The van der Waals surface area contributed by atoms with Crippen LogP contribution in [0.2, 0.25) is 0 Å². The van der Waals surface area contributed by atoms with Crippen LogP contribution in [0.4, 0.5) is 4.79 Å². The smallest absolute Gasteiger partial charge is 0.405 e. The molecule has 0 aromatic heterocycles. The van der Waals surface area contributed by atoms with Crippen molar-refractivity contribution in [3.63, 3.8) is 0 Å². The van der Waals surface area contributed by atoms with Crippen LogP contribution in [0.15, 0.2) is 54.6 Å². The van der Waals surface area contributed by atoms with E-state index in [2.05, 4.69) is 10.6 Å². The van der Waals surface area contributed by atoms with Gasteiger partial charge < -0.3 is 25.2 Å². The van der Waals surface area contributed by atoms with Crippen LogP contribution in [-0.4, -0.2) is 40.8 Å². The van der Waals surface area contributed by atoms with Gasteiger partial charge in [0.2, 0.25) is 5.91 Å². The third-order valence-corrected chi connectivity index (χ3v) is 4.59. The SMILES string of the molecule is CC(C)(C)OC(C[C@H](NC(=O)O)C(=O)OCc1ccccc1)C(=O)NCc1ccc(C#N)cc1. The minimum absolute atomic E-state index is 0.0346. The average molecular weight is 468 g/mol. The van der Waals surface area contributed by atoms with Gasteiger partial charge in [0.1, 0.15) is 18.8 Å². The molecule has 0 saturated carbocycles. The van der Waals surface area contributed by atoms with Gasteiger partial charge in [0.05, 0.1) is 17.2 Å². The Hall–Kier alpha value is -3.90. The molecule has 1 unspecified atom stereocenters. The minimum atomic E-state index is -1.42. The van der Waals surface area contributed by atoms with Crippen molar-refractivity contribution in [1.82, 2.24) is 10.6 Å². The van der Waals surface area contributed by atoms with Crippen molar-refractivity contribution in [3.8, 4) is 6.07 Å². The molecule has 0 radical (unpaired) electrons. The number of nitriles is 1. The molecule has 180 valence electrons. The molecule has 2 atom stereocenters. The molecular formula is C25H29N3O6. The molecule has 2 rings (SSSR count). The van der Waals surface area contributed by atoms with Crippen molar-refractivity contribution in [1.29, 1.82) is 5.26 Å². The summed E-state index contributed by atoms with van der Waals surface area (Å²) in [5, 5.41) is 23.0. The second-order valence-electron chi connectivity index (χ2n) is 8.58. The van der Waals surface area contributed by atoms with Crippen molar-refractivity contribution in [3.05, 3.63) is 71.3 Å². The highest BCUT2D eigenvalue weighted by molar-refractivity contribution is 5.84. The number of hydrogen-bond donors (Lipinski definition) is 3. The van der Waals surface area contributed by atoms with Gasteiger partial charge >= 0.3 is 12.1 Å². The van der Waals surface area contributed by atoms with E-state index in [1.807, 2.05) is 12.1 Å². The standard InChI is InChI=1S/C25H29N3O6/c1-25(2,3)34-21(22(29)27-15-18-11-9-17(14-26)10-12-18)13-20(28-24(31)32)23(30)33-16-19-7-5-4-6-8-19/h4-12,20-21,28H,13,15-16H2,1-3H3,(H,27,29)(H,31,32)/t20-,21?/m0/s1. The molecule has 9 nitrogen and oxygen atoms in total. The van der Waals surface area contributed by atoms with Crippen molar-refractivity contribution < 1.29 is 29.0 Å². The summed E-state index contributed by atoms with van der Waals surface area (Å²) in [6.45, 7) is 5.39. The zero-order chi connectivity index (χ0) is 25.1. The molecule has 2 aromatic carbocycles. The van der Waals surface area contributed by atoms with Gasteiger partial charge in [-0.3, -0.25) is 4.79 Å². The van der Waals surface area contributed by atoms with Crippen molar-refractivity contribution in [2.24, 2.45) is 0 Å². The summed E-state index contributed by atoms with van der Waals surface area (Å²) in [7, 11) is 0. The van der Waals surface area contributed by atoms with Crippen LogP contribution in [0.25, 0.3) is 0 Å². The zero-order valence-corrected chi connectivity index (χ0v) is 19.4. The van der Waals surface area contributed by atoms with Crippen LogP contribution in [-0.2, 0) is 32.2 Å². The number of hydrogen-bond acceptors (Lipinski definition) is 6. The lowest BCUT2D eigenvalue weighted by atomic mass is 10.1. The molecule has 0 fully saturated rings. The molecule has 34 heavy (non-hydrogen) atoms. The first-order valence-corrected chi connectivity index (χ1v) is 10.7. The van der Waals surface area contributed by atoms with Gasteiger partial charge in [0.15, 0.2) is 0 Å². The number of nitrogens with zero attached hydrogens (tertiary/aromatic N) is 1. The third kappa shape index (κ3) is 9.30. The quantitative estimate of drug-likeness (QED) is 0.456. The second-order valence-corrected chi connectivity index (χ2v) is 8.58. The minimum Gasteiger partial charge on any atom is -0.465 e. The molecule has 0 spiro atoms. The van der Waals surface area contributed by atoms with Gasteiger partial charge in [0, 0.05) is 13.0 Å². The van der Waals surface area contributed by atoms with E-state index < -0.39 is 35.7 Å². The highest BCUT2D eigenvalue weighted by atomic mass is 16.5. The summed E-state index contributed by atoms with van der Waals surface area (Å²) in [5.41, 5.74) is 1.27. The van der Waals surface area contributed by atoms with Crippen LogP contribution >= 0.6 is 0 Å². The van der Waals surface area contributed by atoms with E-state index in [1.165, 1.54) is 0 Å². The Morgan fingerprint density at radius 3 is 2.24 bits per heavy atom. The number of nitrogens with one attached hydrogen (secondary N) is 2. The number of carbonyl (C=O) groups is 3. The van der Waals surface area contributed by atoms with Crippen LogP contribution in [0.1, 0.15) is 43.9 Å². The monoisotopic (exact) mass is 467 g/mol. The van der Waals surface area contributed by atoms with Crippen molar-refractivity contribution in [2.75, 3.05) is 0 Å². The number of benzene rings is 2. The number of rotatable bonds is 10. The molecule has 0 aliphatic heterocycles. The number of carboxylic acid groups (broad SMARTS) is 1. The maximum Gasteiger partial charge on any atom is 0.405 e. The lowest BCUT2D eigenvalue weighted by Gasteiger charge is -2.29. The zero-order valence-electron chi connectivity index (χ0n) is 19.4. The molecule has 0 aliphatic rings.